The second-order valence-corrected chi connectivity index (χ2v) is 6.90. The number of hydrogen-bond acceptors (Lipinski definition) is 1. The minimum Gasteiger partial charge on any atom is -0.269 e. The van der Waals surface area contributed by atoms with Gasteiger partial charge >= 0.3 is 0 Å². The second-order valence-electron chi connectivity index (χ2n) is 6.90. The number of benzene rings is 4. The number of rotatable bonds is 1. The maximum absolute atomic E-state index is 3.41. The lowest BCUT2D eigenvalue weighted by molar-refractivity contribution is 0.942. The van der Waals surface area contributed by atoms with Crippen LogP contribution in [0.2, 0.25) is 0 Å². The SMILES string of the molecule is C(#CN1c2ccccc2C(c2ccccc2)c2ccccc21)c1ccccc1. The summed E-state index contributed by atoms with van der Waals surface area (Å²) in [5, 5.41) is 0. The van der Waals surface area contributed by atoms with E-state index in [0.717, 1.165) is 16.9 Å². The van der Waals surface area contributed by atoms with Gasteiger partial charge < -0.3 is 0 Å². The lowest BCUT2D eigenvalue weighted by atomic mass is 9.80. The van der Waals surface area contributed by atoms with Crippen LogP contribution in [0.3, 0.4) is 0 Å². The van der Waals surface area contributed by atoms with Gasteiger partial charge in [0.05, 0.1) is 11.4 Å². The van der Waals surface area contributed by atoms with E-state index in [1.165, 1.54) is 16.7 Å². The van der Waals surface area contributed by atoms with E-state index in [2.05, 4.69) is 95.7 Å². The largest absolute Gasteiger partial charge is 0.269 e. The van der Waals surface area contributed by atoms with Crippen LogP contribution in [-0.4, -0.2) is 0 Å². The quantitative estimate of drug-likeness (QED) is 0.360. The Morgan fingerprint density at radius 3 is 1.64 bits per heavy atom. The van der Waals surface area contributed by atoms with E-state index >= 15 is 0 Å². The molecule has 1 aliphatic rings. The zero-order valence-electron chi connectivity index (χ0n) is 15.4. The first-order chi connectivity index (χ1) is 13.9. The Bertz CT molecular complexity index is 1120. The Labute approximate surface area is 165 Å². The van der Waals surface area contributed by atoms with Crippen molar-refractivity contribution in [1.29, 1.82) is 0 Å². The number of fused-ring (bicyclic) bond motifs is 2. The fraction of sp³-hybridized carbons (Fsp3) is 0.0370. The van der Waals surface area contributed by atoms with Crippen molar-refractivity contribution in [2.45, 2.75) is 5.92 Å². The standard InChI is InChI=1S/C27H19N/c1-3-11-21(12-4-1)19-20-28-25-17-9-7-15-23(25)27(22-13-5-2-6-14-22)24-16-8-10-18-26(24)28/h1-18,27H. The van der Waals surface area contributed by atoms with Gasteiger partial charge in [-0.25, -0.2) is 0 Å². The van der Waals surface area contributed by atoms with Gasteiger partial charge in [0.1, 0.15) is 0 Å². The molecule has 0 spiro atoms. The number of nitrogens with zero attached hydrogens (tertiary/aromatic N) is 1. The van der Waals surface area contributed by atoms with Crippen molar-refractivity contribution in [3.63, 3.8) is 0 Å². The van der Waals surface area contributed by atoms with Gasteiger partial charge in [-0.05, 0) is 46.9 Å². The smallest absolute Gasteiger partial charge is 0.0587 e. The van der Waals surface area contributed by atoms with Gasteiger partial charge in [-0.15, -0.1) is 0 Å². The lowest BCUT2D eigenvalue weighted by Crippen LogP contribution is -2.22. The molecule has 0 radical (unpaired) electrons. The molecule has 1 aliphatic heterocycles. The topological polar surface area (TPSA) is 3.24 Å². The zero-order chi connectivity index (χ0) is 18.8. The van der Waals surface area contributed by atoms with Gasteiger partial charge in [0.25, 0.3) is 0 Å². The predicted molar refractivity (Wildman–Crippen MR) is 116 cm³/mol. The van der Waals surface area contributed by atoms with Gasteiger partial charge in [-0.2, -0.15) is 0 Å². The van der Waals surface area contributed by atoms with E-state index in [9.17, 15) is 0 Å². The first-order valence-electron chi connectivity index (χ1n) is 9.51. The van der Waals surface area contributed by atoms with E-state index in [0.29, 0.717) is 0 Å². The summed E-state index contributed by atoms with van der Waals surface area (Å²) in [6, 6.07) is 41.5. The van der Waals surface area contributed by atoms with Gasteiger partial charge in [0, 0.05) is 17.5 Å². The van der Waals surface area contributed by atoms with Crippen LogP contribution in [0.25, 0.3) is 0 Å². The molecule has 0 amide bonds. The summed E-state index contributed by atoms with van der Waals surface area (Å²) >= 11 is 0. The summed E-state index contributed by atoms with van der Waals surface area (Å²) in [4.78, 5) is 2.14. The molecule has 132 valence electrons. The molecule has 0 N–H and O–H groups in total. The van der Waals surface area contributed by atoms with Gasteiger partial charge in [-0.1, -0.05) is 84.9 Å². The molecule has 0 saturated carbocycles. The maximum Gasteiger partial charge on any atom is 0.0587 e. The summed E-state index contributed by atoms with van der Waals surface area (Å²) in [6.45, 7) is 0. The first-order valence-corrected chi connectivity index (χ1v) is 9.51. The minimum absolute atomic E-state index is 0.211. The summed E-state index contributed by atoms with van der Waals surface area (Å²) in [5.74, 6) is 3.54. The molecule has 5 rings (SSSR count). The van der Waals surface area contributed by atoms with E-state index in [4.69, 9.17) is 0 Å². The van der Waals surface area contributed by atoms with Gasteiger partial charge in [0.15, 0.2) is 0 Å². The Morgan fingerprint density at radius 1 is 0.536 bits per heavy atom. The third kappa shape index (κ3) is 2.86. The van der Waals surface area contributed by atoms with E-state index in [-0.39, 0.29) is 5.92 Å². The maximum atomic E-state index is 3.41. The zero-order valence-corrected chi connectivity index (χ0v) is 15.4. The highest BCUT2D eigenvalue weighted by atomic mass is 15.1. The van der Waals surface area contributed by atoms with Crippen LogP contribution in [0, 0.1) is 12.0 Å². The number of hydrogen-bond donors (Lipinski definition) is 0. The minimum atomic E-state index is 0.211. The van der Waals surface area contributed by atoms with Gasteiger partial charge in [0.2, 0.25) is 0 Å². The van der Waals surface area contributed by atoms with Gasteiger partial charge in [-0.3, -0.25) is 4.90 Å². The molecule has 1 heteroatoms. The summed E-state index contributed by atoms with van der Waals surface area (Å²) in [5.41, 5.74) is 7.20. The molecule has 0 unspecified atom stereocenters. The molecule has 0 bridgehead atoms. The van der Waals surface area contributed by atoms with Crippen LogP contribution in [0.4, 0.5) is 11.4 Å². The second kappa shape index (κ2) is 7.10. The number of anilines is 2. The van der Waals surface area contributed by atoms with E-state index in [1.54, 1.807) is 0 Å². The van der Waals surface area contributed by atoms with Crippen molar-refractivity contribution >= 4 is 11.4 Å². The normalized spacial score (nSPS) is 12.5. The number of para-hydroxylation sites is 2. The monoisotopic (exact) mass is 357 g/mol. The average molecular weight is 357 g/mol. The van der Waals surface area contributed by atoms with Crippen LogP contribution in [-0.2, 0) is 0 Å². The highest BCUT2D eigenvalue weighted by molar-refractivity contribution is 5.81. The van der Waals surface area contributed by atoms with Crippen molar-refractivity contribution < 1.29 is 0 Å². The van der Waals surface area contributed by atoms with Crippen LogP contribution < -0.4 is 4.90 Å². The van der Waals surface area contributed by atoms with Crippen LogP contribution in [0.1, 0.15) is 28.2 Å². The summed E-state index contributed by atoms with van der Waals surface area (Å²) in [7, 11) is 0. The van der Waals surface area contributed by atoms with Crippen LogP contribution in [0.15, 0.2) is 109 Å². The van der Waals surface area contributed by atoms with Crippen molar-refractivity contribution in [1.82, 2.24) is 0 Å². The Hall–Kier alpha value is -3.76. The molecule has 4 aromatic rings. The molecule has 4 aromatic carbocycles. The molecular formula is C27H19N. The molecule has 0 fully saturated rings. The average Bonchev–Trinajstić information content (AvgIpc) is 2.78. The first kappa shape index (κ1) is 16.4. The Kier molecular flexibility index (Phi) is 4.16. The molecule has 0 aliphatic carbocycles. The Morgan fingerprint density at radius 2 is 1.04 bits per heavy atom. The predicted octanol–water partition coefficient (Wildman–Crippen LogP) is 6.33. The summed E-state index contributed by atoms with van der Waals surface area (Å²) < 4.78 is 0. The fourth-order valence-corrected chi connectivity index (χ4v) is 3.93. The molecule has 0 aromatic heterocycles. The van der Waals surface area contributed by atoms with Crippen LogP contribution in [0.5, 0.6) is 0 Å². The van der Waals surface area contributed by atoms with Crippen molar-refractivity contribution in [3.05, 3.63) is 131 Å². The fourth-order valence-electron chi connectivity index (χ4n) is 3.93. The molecule has 28 heavy (non-hydrogen) atoms. The van der Waals surface area contributed by atoms with Crippen molar-refractivity contribution in [2.75, 3.05) is 4.90 Å². The molecule has 0 saturated heterocycles. The highest BCUT2D eigenvalue weighted by Gasteiger charge is 2.30. The van der Waals surface area contributed by atoms with Crippen LogP contribution >= 0.6 is 0 Å². The Balaban J connectivity index is 1.71. The lowest BCUT2D eigenvalue weighted by Gasteiger charge is -2.34. The molecule has 1 heterocycles. The van der Waals surface area contributed by atoms with Crippen molar-refractivity contribution in [2.24, 2.45) is 0 Å². The highest BCUT2D eigenvalue weighted by Crippen LogP contribution is 2.47. The summed E-state index contributed by atoms with van der Waals surface area (Å²) in [6.07, 6.45) is 0. The molecular weight excluding hydrogens is 338 g/mol. The van der Waals surface area contributed by atoms with E-state index in [1.807, 2.05) is 30.3 Å². The third-order valence-electron chi connectivity index (χ3n) is 5.20. The third-order valence-corrected chi connectivity index (χ3v) is 5.20. The molecule has 1 nitrogen and oxygen atoms in total. The van der Waals surface area contributed by atoms with Crippen molar-refractivity contribution in [3.8, 4) is 12.0 Å². The van der Waals surface area contributed by atoms with E-state index < -0.39 is 0 Å². The molecule has 0 atom stereocenters.